The van der Waals surface area contributed by atoms with Gasteiger partial charge >= 0.3 is 0 Å². The van der Waals surface area contributed by atoms with Gasteiger partial charge in [0.2, 0.25) is 0 Å². The Balaban J connectivity index is 3.43. The van der Waals surface area contributed by atoms with Crippen LogP contribution in [0.3, 0.4) is 0 Å². The molecule has 0 amide bonds. The third-order valence-electron chi connectivity index (χ3n) is 5.63. The number of nitrogens with zero attached hydrogens (tertiary/aromatic N) is 1. The maximum absolute atomic E-state index is 11.0. The van der Waals surface area contributed by atoms with E-state index in [9.17, 15) is 15.3 Å². The molecule has 1 rings (SSSR count). The van der Waals surface area contributed by atoms with Crippen LogP contribution in [0.4, 0.5) is 0 Å². The summed E-state index contributed by atoms with van der Waals surface area (Å²) in [5, 5.41) is 29.5. The van der Waals surface area contributed by atoms with E-state index in [-0.39, 0.29) is 24.0 Å². The van der Waals surface area contributed by atoms with Crippen molar-refractivity contribution >= 4 is 0 Å². The highest BCUT2D eigenvalue weighted by Crippen LogP contribution is 2.42. The van der Waals surface area contributed by atoms with Gasteiger partial charge in [-0.1, -0.05) is 53.7 Å². The van der Waals surface area contributed by atoms with Gasteiger partial charge in [-0.05, 0) is 29.2 Å². The molecule has 0 bridgehead atoms. The summed E-state index contributed by atoms with van der Waals surface area (Å²) in [6, 6.07) is 4.19. The van der Waals surface area contributed by atoms with Gasteiger partial charge in [-0.3, -0.25) is 4.90 Å². The minimum absolute atomic E-state index is 0.0682. The molecule has 0 heterocycles. The van der Waals surface area contributed by atoms with Crippen molar-refractivity contribution in [3.63, 3.8) is 0 Å². The number of phenols is 1. The molecule has 0 aromatic heterocycles. The molecular weight excluding hydrogens is 314 g/mol. The lowest BCUT2D eigenvalue weighted by Gasteiger charge is -2.32. The van der Waals surface area contributed by atoms with Crippen LogP contribution in [0.5, 0.6) is 5.75 Å². The topological polar surface area (TPSA) is 63.9 Å². The summed E-state index contributed by atoms with van der Waals surface area (Å²) < 4.78 is 0. The molecular formula is C21H37NO3. The van der Waals surface area contributed by atoms with E-state index in [1.54, 1.807) is 0 Å². The molecule has 1 aromatic rings. The van der Waals surface area contributed by atoms with E-state index in [1.165, 1.54) is 0 Å². The van der Waals surface area contributed by atoms with Crippen molar-refractivity contribution in [2.75, 3.05) is 26.3 Å². The largest absolute Gasteiger partial charge is 0.507 e. The fourth-order valence-electron chi connectivity index (χ4n) is 3.01. The Morgan fingerprint density at radius 2 is 1.24 bits per heavy atom. The Morgan fingerprint density at radius 1 is 0.840 bits per heavy atom. The van der Waals surface area contributed by atoms with E-state index >= 15 is 0 Å². The van der Waals surface area contributed by atoms with Crippen LogP contribution in [-0.2, 0) is 17.4 Å². The Morgan fingerprint density at radius 3 is 1.56 bits per heavy atom. The highest BCUT2D eigenvalue weighted by atomic mass is 16.3. The van der Waals surface area contributed by atoms with Crippen LogP contribution < -0.4 is 0 Å². The number of hydrogen-bond acceptors (Lipinski definition) is 4. The number of rotatable bonds is 10. The second-order valence-electron chi connectivity index (χ2n) is 8.24. The van der Waals surface area contributed by atoms with E-state index in [1.807, 2.05) is 4.90 Å². The number of aliphatic hydroxyl groups is 2. The second-order valence-corrected chi connectivity index (χ2v) is 8.24. The van der Waals surface area contributed by atoms with Crippen molar-refractivity contribution in [3.8, 4) is 5.75 Å². The van der Waals surface area contributed by atoms with Gasteiger partial charge in [0, 0.05) is 30.8 Å². The molecule has 0 aliphatic carbocycles. The standard InChI is InChI=1S/C21H37NO3/c1-7-20(3,4)17-13-16(15-22(9-11-23)10-12-24)14-18(19(17)25)21(5,6)8-2/h13-14,23-25H,7-12,15H2,1-6H3. The molecule has 0 fully saturated rings. The molecule has 0 atom stereocenters. The minimum Gasteiger partial charge on any atom is -0.507 e. The van der Waals surface area contributed by atoms with Crippen molar-refractivity contribution in [3.05, 3.63) is 28.8 Å². The number of aromatic hydroxyl groups is 1. The van der Waals surface area contributed by atoms with Crippen molar-refractivity contribution in [2.24, 2.45) is 0 Å². The maximum Gasteiger partial charge on any atom is 0.123 e. The SMILES string of the molecule is CCC(C)(C)c1cc(CN(CCO)CCO)cc(C(C)(C)CC)c1O. The van der Waals surface area contributed by atoms with Gasteiger partial charge < -0.3 is 15.3 Å². The highest BCUT2D eigenvalue weighted by molar-refractivity contribution is 5.50. The van der Waals surface area contributed by atoms with Crippen LogP contribution in [0.25, 0.3) is 0 Å². The first-order valence-corrected chi connectivity index (χ1v) is 9.43. The molecule has 0 spiro atoms. The molecule has 3 N–H and O–H groups in total. The second kappa shape index (κ2) is 9.02. The van der Waals surface area contributed by atoms with E-state index in [0.717, 1.165) is 29.5 Å². The lowest BCUT2D eigenvalue weighted by atomic mass is 9.74. The van der Waals surface area contributed by atoms with Gasteiger partial charge in [-0.25, -0.2) is 0 Å². The summed E-state index contributed by atoms with van der Waals surface area (Å²) in [6.07, 6.45) is 1.88. The van der Waals surface area contributed by atoms with Crippen LogP contribution >= 0.6 is 0 Å². The van der Waals surface area contributed by atoms with Gasteiger partial charge in [0.1, 0.15) is 5.75 Å². The zero-order valence-corrected chi connectivity index (χ0v) is 16.9. The molecule has 0 saturated carbocycles. The summed E-state index contributed by atoms with van der Waals surface area (Å²) >= 11 is 0. The molecule has 4 heteroatoms. The third-order valence-corrected chi connectivity index (χ3v) is 5.63. The van der Waals surface area contributed by atoms with Gasteiger partial charge in [0.25, 0.3) is 0 Å². The van der Waals surface area contributed by atoms with Crippen LogP contribution in [0.2, 0.25) is 0 Å². The Labute approximate surface area is 153 Å². The van der Waals surface area contributed by atoms with Crippen molar-refractivity contribution in [1.29, 1.82) is 0 Å². The summed E-state index contributed by atoms with van der Waals surface area (Å²) in [6.45, 7) is 14.8. The van der Waals surface area contributed by atoms with E-state index in [0.29, 0.717) is 25.4 Å². The predicted octanol–water partition coefficient (Wildman–Crippen LogP) is 3.55. The van der Waals surface area contributed by atoms with Gasteiger partial charge in [-0.15, -0.1) is 0 Å². The van der Waals surface area contributed by atoms with Crippen LogP contribution in [-0.4, -0.2) is 46.5 Å². The quantitative estimate of drug-likeness (QED) is 0.603. The molecule has 0 saturated heterocycles. The minimum atomic E-state index is -0.114. The fraction of sp³-hybridized carbons (Fsp3) is 0.714. The number of hydrogen-bond donors (Lipinski definition) is 3. The molecule has 144 valence electrons. The Hall–Kier alpha value is -1.10. The molecule has 25 heavy (non-hydrogen) atoms. The molecule has 0 aliphatic rings. The first-order chi connectivity index (χ1) is 11.6. The first-order valence-electron chi connectivity index (χ1n) is 9.43. The van der Waals surface area contributed by atoms with E-state index in [2.05, 4.69) is 53.7 Å². The van der Waals surface area contributed by atoms with Crippen molar-refractivity contribution in [2.45, 2.75) is 71.8 Å². The Bertz CT molecular complexity index is 509. The molecule has 0 aliphatic heterocycles. The number of phenolic OH excluding ortho intramolecular Hbond substituents is 1. The molecule has 1 aromatic carbocycles. The summed E-state index contributed by atoms with van der Waals surface area (Å²) in [5.41, 5.74) is 2.86. The van der Waals surface area contributed by atoms with Crippen molar-refractivity contribution in [1.82, 2.24) is 4.90 Å². The van der Waals surface area contributed by atoms with Gasteiger partial charge in [0.15, 0.2) is 0 Å². The monoisotopic (exact) mass is 351 g/mol. The van der Waals surface area contributed by atoms with E-state index in [4.69, 9.17) is 0 Å². The van der Waals surface area contributed by atoms with Gasteiger partial charge in [0.05, 0.1) is 13.2 Å². The average Bonchev–Trinajstić information content (AvgIpc) is 2.56. The van der Waals surface area contributed by atoms with Crippen LogP contribution in [0.1, 0.15) is 71.1 Å². The van der Waals surface area contributed by atoms with Gasteiger partial charge in [-0.2, -0.15) is 0 Å². The molecule has 0 unspecified atom stereocenters. The summed E-state index contributed by atoms with van der Waals surface area (Å²) in [5.74, 6) is 0.415. The highest BCUT2D eigenvalue weighted by Gasteiger charge is 2.29. The Kier molecular flexibility index (Phi) is 7.91. The molecule has 4 nitrogen and oxygen atoms in total. The zero-order chi connectivity index (χ0) is 19.3. The number of aliphatic hydroxyl groups excluding tert-OH is 2. The maximum atomic E-state index is 11.0. The third kappa shape index (κ3) is 5.44. The predicted molar refractivity (Wildman–Crippen MR) is 104 cm³/mol. The fourth-order valence-corrected chi connectivity index (χ4v) is 3.01. The van der Waals surface area contributed by atoms with Crippen LogP contribution in [0.15, 0.2) is 12.1 Å². The summed E-state index contributed by atoms with van der Waals surface area (Å²) in [7, 11) is 0. The lowest BCUT2D eigenvalue weighted by Crippen LogP contribution is -2.30. The van der Waals surface area contributed by atoms with Crippen LogP contribution in [0, 0.1) is 0 Å². The molecule has 0 radical (unpaired) electrons. The summed E-state index contributed by atoms with van der Waals surface area (Å²) in [4.78, 5) is 2.04. The number of benzene rings is 1. The zero-order valence-electron chi connectivity index (χ0n) is 16.9. The van der Waals surface area contributed by atoms with Crippen molar-refractivity contribution < 1.29 is 15.3 Å². The van der Waals surface area contributed by atoms with E-state index < -0.39 is 0 Å². The normalized spacial score (nSPS) is 12.8. The average molecular weight is 352 g/mol. The smallest absolute Gasteiger partial charge is 0.123 e. The lowest BCUT2D eigenvalue weighted by molar-refractivity contribution is 0.155. The first kappa shape index (κ1) is 21.9.